The van der Waals surface area contributed by atoms with Crippen LogP contribution in [-0.4, -0.2) is 66.9 Å². The number of piperidine rings is 1. The molecule has 1 atom stereocenters. The summed E-state index contributed by atoms with van der Waals surface area (Å²) >= 11 is 0. The van der Waals surface area contributed by atoms with Crippen LogP contribution in [0.3, 0.4) is 0 Å². The molecule has 2 aliphatic heterocycles. The van der Waals surface area contributed by atoms with E-state index in [9.17, 15) is 13.2 Å². The Morgan fingerprint density at radius 2 is 1.56 bits per heavy atom. The Hall–Kier alpha value is -2.22. The van der Waals surface area contributed by atoms with Gasteiger partial charge in [0.2, 0.25) is 15.9 Å². The maximum Gasteiger partial charge on any atom is 0.244 e. The van der Waals surface area contributed by atoms with Crippen LogP contribution < -0.4 is 0 Å². The van der Waals surface area contributed by atoms with Gasteiger partial charge in [0.1, 0.15) is 11.7 Å². The zero-order valence-electron chi connectivity index (χ0n) is 20.2. The highest BCUT2D eigenvalue weighted by atomic mass is 32.2. The van der Waals surface area contributed by atoms with E-state index in [0.29, 0.717) is 38.4 Å². The topological polar surface area (TPSA) is 60.9 Å². The number of sulfonamides is 1. The summed E-state index contributed by atoms with van der Waals surface area (Å²) in [5, 5.41) is 0. The highest BCUT2D eigenvalue weighted by Gasteiger charge is 2.57. The second-order valence-corrected chi connectivity index (χ2v) is 12.2. The molecule has 1 amide bonds. The number of amides is 1. The van der Waals surface area contributed by atoms with E-state index < -0.39 is 15.6 Å². The molecule has 2 aromatic rings. The van der Waals surface area contributed by atoms with Crippen molar-refractivity contribution in [2.45, 2.75) is 56.1 Å². The predicted octanol–water partition coefficient (Wildman–Crippen LogP) is 3.76. The van der Waals surface area contributed by atoms with Crippen LogP contribution in [-0.2, 0) is 21.2 Å². The number of carbonyl (C=O) groups excluding carboxylic acids is 1. The first kappa shape index (κ1) is 23.5. The van der Waals surface area contributed by atoms with Crippen LogP contribution in [0.1, 0.15) is 60.9 Å². The van der Waals surface area contributed by atoms with Gasteiger partial charge in [-0.3, -0.25) is 9.69 Å². The molecule has 1 saturated carbocycles. The number of rotatable bonds is 7. The second kappa shape index (κ2) is 9.10. The first-order valence-corrected chi connectivity index (χ1v) is 14.3. The average Bonchev–Trinajstić information content (AvgIpc) is 3.66. The monoisotopic (exact) mass is 481 g/mol. The molecule has 2 aromatic carbocycles. The van der Waals surface area contributed by atoms with Gasteiger partial charge in [-0.25, -0.2) is 12.7 Å². The van der Waals surface area contributed by atoms with Gasteiger partial charge in [0, 0.05) is 19.6 Å². The van der Waals surface area contributed by atoms with Gasteiger partial charge in [-0.05, 0) is 68.2 Å². The molecule has 6 nitrogen and oxygen atoms in total. The standard InChI is InChI=1S/C27H35N3O3S/c1-28-25(24-14-12-23(13-15-24)22-10-11-22)30(18-6-9-21-7-4-3-5-8-21)26(31)27(28)16-19-29(20-17-27)34(2,32)33/h3-5,7-8,12-15,22,25H,6,9-11,16-20H2,1-2H3. The van der Waals surface area contributed by atoms with Gasteiger partial charge in [-0.15, -0.1) is 0 Å². The van der Waals surface area contributed by atoms with E-state index in [1.165, 1.54) is 34.5 Å². The number of carbonyl (C=O) groups is 1. The van der Waals surface area contributed by atoms with Crippen molar-refractivity contribution in [1.29, 1.82) is 0 Å². The molecular formula is C27H35N3O3S. The molecule has 1 unspecified atom stereocenters. The van der Waals surface area contributed by atoms with E-state index in [2.05, 4.69) is 53.4 Å². The van der Waals surface area contributed by atoms with E-state index in [-0.39, 0.29) is 12.1 Å². The summed E-state index contributed by atoms with van der Waals surface area (Å²) < 4.78 is 25.7. The van der Waals surface area contributed by atoms with Crippen molar-refractivity contribution in [1.82, 2.24) is 14.1 Å². The molecule has 1 aliphatic carbocycles. The number of benzene rings is 2. The number of aryl methyl sites for hydroxylation is 1. The second-order valence-electron chi connectivity index (χ2n) is 10.2. The lowest BCUT2D eigenvalue weighted by molar-refractivity contribution is -0.135. The first-order valence-electron chi connectivity index (χ1n) is 12.4. The summed E-state index contributed by atoms with van der Waals surface area (Å²) in [6.45, 7) is 1.46. The van der Waals surface area contributed by atoms with E-state index in [1.807, 2.05) is 18.0 Å². The molecule has 3 fully saturated rings. The van der Waals surface area contributed by atoms with Crippen LogP contribution in [0, 0.1) is 0 Å². The molecule has 0 bridgehead atoms. The van der Waals surface area contributed by atoms with Crippen LogP contribution >= 0.6 is 0 Å². The van der Waals surface area contributed by atoms with Gasteiger partial charge < -0.3 is 4.90 Å². The number of hydrogen-bond donors (Lipinski definition) is 0. The Kier molecular flexibility index (Phi) is 6.29. The lowest BCUT2D eigenvalue weighted by Gasteiger charge is -2.41. The summed E-state index contributed by atoms with van der Waals surface area (Å²) in [5.74, 6) is 0.845. The highest BCUT2D eigenvalue weighted by molar-refractivity contribution is 7.88. The predicted molar refractivity (Wildman–Crippen MR) is 134 cm³/mol. The molecule has 7 heteroatoms. The molecule has 0 N–H and O–H groups in total. The molecule has 0 aromatic heterocycles. The molecule has 34 heavy (non-hydrogen) atoms. The largest absolute Gasteiger partial charge is 0.321 e. The minimum absolute atomic E-state index is 0.124. The molecule has 2 saturated heterocycles. The molecule has 3 aliphatic rings. The quantitative estimate of drug-likeness (QED) is 0.604. The van der Waals surface area contributed by atoms with Crippen LogP contribution in [0.5, 0.6) is 0 Å². The first-order chi connectivity index (χ1) is 16.3. The smallest absolute Gasteiger partial charge is 0.244 e. The zero-order chi connectivity index (χ0) is 23.9. The van der Waals surface area contributed by atoms with Crippen molar-refractivity contribution in [3.8, 4) is 0 Å². The fourth-order valence-corrected chi connectivity index (χ4v) is 6.66. The van der Waals surface area contributed by atoms with Crippen LogP contribution in [0.2, 0.25) is 0 Å². The third kappa shape index (κ3) is 4.41. The fraction of sp³-hybridized carbons (Fsp3) is 0.519. The molecule has 1 spiro atoms. The number of likely N-dealkylation sites (N-methyl/N-ethyl adjacent to an activating group) is 1. The van der Waals surface area contributed by atoms with Gasteiger partial charge in [-0.2, -0.15) is 0 Å². The van der Waals surface area contributed by atoms with Crippen LogP contribution in [0.4, 0.5) is 0 Å². The average molecular weight is 482 g/mol. The summed E-state index contributed by atoms with van der Waals surface area (Å²) in [4.78, 5) is 18.2. The lowest BCUT2D eigenvalue weighted by Crippen LogP contribution is -2.56. The van der Waals surface area contributed by atoms with Gasteiger partial charge in [0.15, 0.2) is 0 Å². The lowest BCUT2D eigenvalue weighted by atomic mass is 9.87. The van der Waals surface area contributed by atoms with E-state index in [4.69, 9.17) is 0 Å². The molecule has 182 valence electrons. The van der Waals surface area contributed by atoms with Crippen molar-refractivity contribution in [3.05, 3.63) is 71.3 Å². The van der Waals surface area contributed by atoms with Crippen molar-refractivity contribution < 1.29 is 13.2 Å². The summed E-state index contributed by atoms with van der Waals surface area (Å²) in [7, 11) is -1.20. The Morgan fingerprint density at radius 3 is 2.15 bits per heavy atom. The minimum Gasteiger partial charge on any atom is -0.321 e. The van der Waals surface area contributed by atoms with Crippen LogP contribution in [0.25, 0.3) is 0 Å². The normalized spacial score (nSPS) is 23.6. The third-order valence-corrected chi connectivity index (χ3v) is 9.31. The zero-order valence-corrected chi connectivity index (χ0v) is 21.0. The summed E-state index contributed by atoms with van der Waals surface area (Å²) in [5.41, 5.74) is 3.17. The van der Waals surface area contributed by atoms with E-state index >= 15 is 0 Å². The molecule has 5 rings (SSSR count). The minimum atomic E-state index is -3.25. The maximum absolute atomic E-state index is 14.0. The van der Waals surface area contributed by atoms with Gasteiger partial charge in [0.25, 0.3) is 0 Å². The molecular weight excluding hydrogens is 446 g/mol. The van der Waals surface area contributed by atoms with Crippen molar-refractivity contribution in [2.24, 2.45) is 0 Å². The van der Waals surface area contributed by atoms with E-state index in [0.717, 1.165) is 18.4 Å². The van der Waals surface area contributed by atoms with Gasteiger partial charge in [0.05, 0.1) is 6.26 Å². The molecule has 0 radical (unpaired) electrons. The Labute approximate surface area is 203 Å². The van der Waals surface area contributed by atoms with Crippen molar-refractivity contribution >= 4 is 15.9 Å². The Balaban J connectivity index is 1.39. The van der Waals surface area contributed by atoms with Gasteiger partial charge in [-0.1, -0.05) is 54.6 Å². The number of nitrogens with zero attached hydrogens (tertiary/aromatic N) is 3. The van der Waals surface area contributed by atoms with Crippen molar-refractivity contribution in [3.63, 3.8) is 0 Å². The summed E-state index contributed by atoms with van der Waals surface area (Å²) in [6, 6.07) is 19.2. The fourth-order valence-electron chi connectivity index (χ4n) is 5.81. The Bertz CT molecular complexity index is 1120. The number of hydrogen-bond acceptors (Lipinski definition) is 4. The highest BCUT2D eigenvalue weighted by Crippen LogP contribution is 2.46. The molecule has 2 heterocycles. The SMILES string of the molecule is CN1C(c2ccc(C3CC3)cc2)N(CCCc2ccccc2)C(=O)C12CCN(S(C)(=O)=O)CC2. The van der Waals surface area contributed by atoms with E-state index in [1.54, 1.807) is 0 Å². The van der Waals surface area contributed by atoms with Crippen molar-refractivity contribution in [2.75, 3.05) is 32.9 Å². The Morgan fingerprint density at radius 1 is 0.941 bits per heavy atom. The third-order valence-electron chi connectivity index (χ3n) is 8.01. The maximum atomic E-state index is 14.0. The van der Waals surface area contributed by atoms with Gasteiger partial charge >= 0.3 is 0 Å². The summed E-state index contributed by atoms with van der Waals surface area (Å²) in [6.07, 6.45) is 6.55. The van der Waals surface area contributed by atoms with Crippen LogP contribution in [0.15, 0.2) is 54.6 Å².